The van der Waals surface area contributed by atoms with E-state index < -0.39 is 0 Å². The zero-order valence-corrected chi connectivity index (χ0v) is 11.6. The van der Waals surface area contributed by atoms with E-state index >= 15 is 0 Å². The number of amides is 1. The fourth-order valence-corrected chi connectivity index (χ4v) is 1.90. The number of nitrogens with one attached hydrogen (secondary N) is 1. The molecule has 0 unspecified atom stereocenters. The number of carbonyl (C=O) groups is 2. The fourth-order valence-electron chi connectivity index (χ4n) is 1.90. The van der Waals surface area contributed by atoms with Gasteiger partial charge in [-0.3, -0.25) is 9.59 Å². The second-order valence-corrected chi connectivity index (χ2v) is 4.37. The lowest BCUT2D eigenvalue weighted by Gasteiger charge is -2.30. The Morgan fingerprint density at radius 1 is 1.39 bits per heavy atom. The van der Waals surface area contributed by atoms with Crippen molar-refractivity contribution in [2.24, 2.45) is 0 Å². The average molecular weight is 254 g/mol. The van der Waals surface area contributed by atoms with Gasteiger partial charge in [-0.15, -0.1) is 0 Å². The Labute approximate surface area is 111 Å². The molecule has 0 heterocycles. The van der Waals surface area contributed by atoms with Gasteiger partial charge in [0.1, 0.15) is 0 Å². The molecule has 0 saturated carbocycles. The summed E-state index contributed by atoms with van der Waals surface area (Å²) in [7, 11) is 7.22. The molecule has 0 aliphatic rings. The summed E-state index contributed by atoms with van der Waals surface area (Å²) in [5.74, 6) is -0.142. The third kappa shape index (κ3) is 6.16. The van der Waals surface area contributed by atoms with E-state index in [1.54, 1.807) is 4.90 Å². The molecule has 102 valence electrons. The predicted octanol–water partition coefficient (Wildman–Crippen LogP) is -1.01. The van der Waals surface area contributed by atoms with Crippen LogP contribution in [0, 0.1) is 0 Å². The quantitative estimate of drug-likeness (QED) is 0.387. The third-order valence-corrected chi connectivity index (χ3v) is 2.92. The molecule has 0 aromatic heterocycles. The number of hydrogen-bond acceptors (Lipinski definition) is 3. The molecule has 0 bridgehead atoms. The van der Waals surface area contributed by atoms with E-state index in [9.17, 15) is 9.59 Å². The molecule has 0 aliphatic heterocycles. The van der Waals surface area contributed by atoms with Crippen molar-refractivity contribution in [2.75, 3.05) is 26.7 Å². The highest BCUT2D eigenvalue weighted by Gasteiger charge is 2.25. The highest BCUT2D eigenvalue weighted by molar-refractivity contribution is 6.19. The van der Waals surface area contributed by atoms with Crippen LogP contribution >= 0.6 is 0 Å². The molecule has 1 atom stereocenters. The number of rotatable bonds is 10. The van der Waals surface area contributed by atoms with Gasteiger partial charge in [0.15, 0.2) is 5.78 Å². The molecule has 0 rings (SSSR count). The Hall–Kier alpha value is -0.875. The van der Waals surface area contributed by atoms with Crippen molar-refractivity contribution in [1.29, 1.82) is 0 Å². The Bertz CT molecular complexity index is 262. The van der Waals surface area contributed by atoms with Crippen LogP contribution in [-0.2, 0) is 9.59 Å². The number of quaternary nitrogens is 1. The molecule has 0 spiro atoms. The first-order valence-corrected chi connectivity index (χ1v) is 6.52. The molecule has 6 heteroatoms. The zero-order chi connectivity index (χ0) is 14.0. The van der Waals surface area contributed by atoms with E-state index in [-0.39, 0.29) is 24.1 Å². The van der Waals surface area contributed by atoms with Crippen molar-refractivity contribution in [3.05, 3.63) is 0 Å². The summed E-state index contributed by atoms with van der Waals surface area (Å²) in [6, 6.07) is -0.346. The van der Waals surface area contributed by atoms with Crippen LogP contribution in [0.3, 0.4) is 0 Å². The fraction of sp³-hybridized carbons (Fsp3) is 0.833. The van der Waals surface area contributed by atoms with E-state index in [2.05, 4.69) is 11.1 Å². The van der Waals surface area contributed by atoms with Gasteiger partial charge in [0.2, 0.25) is 5.91 Å². The summed E-state index contributed by atoms with van der Waals surface area (Å²) in [6.45, 7) is 3.56. The maximum absolute atomic E-state index is 11.8. The van der Waals surface area contributed by atoms with E-state index in [1.165, 1.54) is 6.92 Å². The van der Waals surface area contributed by atoms with Crippen molar-refractivity contribution < 1.29 is 15.3 Å². The molecule has 0 aromatic carbocycles. The summed E-state index contributed by atoms with van der Waals surface area (Å²) in [5.41, 5.74) is 3.78. The van der Waals surface area contributed by atoms with Crippen LogP contribution in [-0.4, -0.2) is 57.2 Å². The van der Waals surface area contributed by atoms with E-state index in [4.69, 9.17) is 7.85 Å². The summed E-state index contributed by atoms with van der Waals surface area (Å²) in [5, 5.41) is 2.98. The third-order valence-electron chi connectivity index (χ3n) is 2.92. The van der Waals surface area contributed by atoms with Crippen molar-refractivity contribution in [3.8, 4) is 0 Å². The number of hydrogen-bond donors (Lipinski definition) is 2. The van der Waals surface area contributed by atoms with E-state index in [0.29, 0.717) is 19.5 Å². The van der Waals surface area contributed by atoms with E-state index in [1.807, 2.05) is 7.05 Å². The van der Waals surface area contributed by atoms with Crippen LogP contribution in [0.25, 0.3) is 0 Å². The molecular weight excluding hydrogens is 229 g/mol. The van der Waals surface area contributed by atoms with Crippen LogP contribution < -0.4 is 11.1 Å². The minimum atomic E-state index is -0.346. The zero-order valence-electron chi connectivity index (χ0n) is 11.6. The Morgan fingerprint density at radius 3 is 2.50 bits per heavy atom. The lowest BCUT2D eigenvalue weighted by atomic mass is 9.99. The number of likely N-dealkylation sites (N-methyl/N-ethyl adjacent to an activating group) is 1. The Kier molecular flexibility index (Phi) is 9.59. The molecule has 4 N–H and O–H groups in total. The van der Waals surface area contributed by atoms with Crippen molar-refractivity contribution >= 4 is 19.5 Å². The molecule has 0 aliphatic carbocycles. The summed E-state index contributed by atoms with van der Waals surface area (Å²) in [4.78, 5) is 25.1. The smallest absolute Gasteiger partial charge is 0.214 e. The average Bonchev–Trinajstić information content (AvgIpc) is 2.36. The number of ketones is 1. The van der Waals surface area contributed by atoms with Gasteiger partial charge in [-0.1, -0.05) is 0 Å². The van der Waals surface area contributed by atoms with Crippen LogP contribution in [0.2, 0.25) is 6.32 Å². The maximum atomic E-state index is 11.8. The first-order chi connectivity index (χ1) is 8.58. The van der Waals surface area contributed by atoms with E-state index in [0.717, 1.165) is 19.4 Å². The van der Waals surface area contributed by atoms with Gasteiger partial charge in [0, 0.05) is 13.1 Å². The highest BCUT2D eigenvalue weighted by atomic mass is 16.2. The van der Waals surface area contributed by atoms with Gasteiger partial charge in [0.05, 0.1) is 20.4 Å². The molecule has 18 heavy (non-hydrogen) atoms. The van der Waals surface area contributed by atoms with Gasteiger partial charge >= 0.3 is 0 Å². The minimum Gasteiger partial charge on any atom is -0.358 e. The Balaban J connectivity index is 4.62. The second kappa shape index (κ2) is 10.1. The standard InChI is InChI=1S/C12H24BN3O2/c1-10(17)11(5-3-4-6-14)16(8-7-15-2)12(18)9-13/h11,15H,3-9,14H2,1-2H3/p+1/t11-/m1/s1. The van der Waals surface area contributed by atoms with Crippen LogP contribution in [0.5, 0.6) is 0 Å². The molecule has 0 saturated heterocycles. The van der Waals surface area contributed by atoms with Crippen LogP contribution in [0.4, 0.5) is 0 Å². The number of unbranched alkanes of at least 4 members (excludes halogenated alkanes) is 1. The first-order valence-electron chi connectivity index (χ1n) is 6.52. The molecule has 1 amide bonds. The van der Waals surface area contributed by atoms with Crippen molar-refractivity contribution in [1.82, 2.24) is 10.2 Å². The van der Waals surface area contributed by atoms with Crippen LogP contribution in [0.15, 0.2) is 0 Å². The second-order valence-electron chi connectivity index (χ2n) is 4.37. The van der Waals surface area contributed by atoms with Gasteiger partial charge in [-0.2, -0.15) is 0 Å². The van der Waals surface area contributed by atoms with Gasteiger partial charge in [0.25, 0.3) is 0 Å². The van der Waals surface area contributed by atoms with Crippen molar-refractivity contribution in [3.63, 3.8) is 0 Å². The normalized spacial score (nSPS) is 12.2. The minimum absolute atomic E-state index is 0.0250. The molecule has 0 aromatic rings. The number of nitrogens with zero attached hydrogens (tertiary/aromatic N) is 1. The van der Waals surface area contributed by atoms with Gasteiger partial charge in [-0.05, 0) is 39.6 Å². The maximum Gasteiger partial charge on any atom is 0.214 e. The predicted molar refractivity (Wildman–Crippen MR) is 72.3 cm³/mol. The SMILES string of the molecule is [B]CC(=O)N(CCNC)[C@H](CCCC[NH3+])C(C)=O. The van der Waals surface area contributed by atoms with Crippen molar-refractivity contribution in [2.45, 2.75) is 38.5 Å². The molecule has 5 nitrogen and oxygen atoms in total. The largest absolute Gasteiger partial charge is 0.358 e. The highest BCUT2D eigenvalue weighted by Crippen LogP contribution is 2.11. The monoisotopic (exact) mass is 254 g/mol. The summed E-state index contributed by atoms with van der Waals surface area (Å²) < 4.78 is 0. The number of carbonyl (C=O) groups excluding carboxylic acids is 2. The molecular formula is C12H25BN3O2+. The first kappa shape index (κ1) is 17.1. The Morgan fingerprint density at radius 2 is 2.06 bits per heavy atom. The molecule has 0 fully saturated rings. The van der Waals surface area contributed by atoms with Gasteiger partial charge < -0.3 is 16.0 Å². The molecule has 2 radical (unpaired) electrons. The lowest BCUT2D eigenvalue weighted by Crippen LogP contribution is -2.50. The van der Waals surface area contributed by atoms with Gasteiger partial charge in [-0.25, -0.2) is 0 Å². The lowest BCUT2D eigenvalue weighted by molar-refractivity contribution is -0.368. The van der Waals surface area contributed by atoms with Crippen LogP contribution in [0.1, 0.15) is 26.2 Å². The topological polar surface area (TPSA) is 77.1 Å². The summed E-state index contributed by atoms with van der Waals surface area (Å²) >= 11 is 0. The summed E-state index contributed by atoms with van der Waals surface area (Å²) in [6.07, 6.45) is 2.52. The number of Topliss-reactive ketones (excluding diaryl/α,β-unsaturated/α-hetero) is 1.